The van der Waals surface area contributed by atoms with Gasteiger partial charge in [-0.1, -0.05) is 0 Å². The number of nitrogens with one attached hydrogen (secondary N) is 3. The van der Waals surface area contributed by atoms with Crippen molar-refractivity contribution in [1.29, 1.82) is 0 Å². The van der Waals surface area contributed by atoms with Crippen molar-refractivity contribution in [3.8, 4) is 0 Å². The van der Waals surface area contributed by atoms with E-state index in [1.807, 2.05) is 0 Å². The van der Waals surface area contributed by atoms with Gasteiger partial charge < -0.3 is 16.1 Å². The van der Waals surface area contributed by atoms with E-state index in [4.69, 9.17) is 5.84 Å². The lowest BCUT2D eigenvalue weighted by Gasteiger charge is -2.14. The molecule has 0 radical (unpaired) electrons. The second-order valence-corrected chi connectivity index (χ2v) is 4.70. The Morgan fingerprint density at radius 2 is 2.21 bits per heavy atom. The number of hydrogen-bond donors (Lipinski definition) is 4. The zero-order valence-electron chi connectivity index (χ0n) is 10.7. The second kappa shape index (κ2) is 7.05. The minimum Gasteiger partial charge on any atom is -0.355 e. The van der Waals surface area contributed by atoms with Crippen LogP contribution in [-0.4, -0.2) is 29.4 Å². The van der Waals surface area contributed by atoms with Gasteiger partial charge in [-0.05, 0) is 35.8 Å². The summed E-state index contributed by atoms with van der Waals surface area (Å²) in [5.74, 6) is 4.85. The molecule has 0 aromatic carbocycles. The summed E-state index contributed by atoms with van der Waals surface area (Å²) in [6.07, 6.45) is 1.51. The number of hydrazine groups is 1. The van der Waals surface area contributed by atoms with Crippen LogP contribution in [0.4, 0.5) is 5.82 Å². The Morgan fingerprint density at radius 1 is 1.53 bits per heavy atom. The van der Waals surface area contributed by atoms with Crippen molar-refractivity contribution in [2.24, 2.45) is 5.84 Å². The molecule has 0 spiro atoms. The number of nitrogens with two attached hydrogens (primary N) is 1. The first-order valence-electron chi connectivity index (χ1n) is 5.70. The molecule has 0 saturated heterocycles. The minimum atomic E-state index is -0.642. The van der Waals surface area contributed by atoms with E-state index in [0.717, 1.165) is 0 Å². The Bertz CT molecular complexity index is 480. The first-order chi connectivity index (χ1) is 8.99. The van der Waals surface area contributed by atoms with Gasteiger partial charge in [-0.3, -0.25) is 9.59 Å². The standard InChI is InChI=1S/C11H16BrN5O2/c1-3-14-10(18)6(2)16-11(19)8-4-7(12)5-15-9(8)17-13/h4-6H,3,13H2,1-2H3,(H,14,18)(H,15,17)(H,16,19). The molecule has 1 atom stereocenters. The third kappa shape index (κ3) is 4.18. The molecule has 5 N–H and O–H groups in total. The van der Waals surface area contributed by atoms with Gasteiger partial charge in [0.15, 0.2) is 5.82 Å². The maximum Gasteiger partial charge on any atom is 0.255 e. The molecule has 1 rings (SSSR count). The molecule has 0 aliphatic rings. The minimum absolute atomic E-state index is 0.240. The third-order valence-corrected chi connectivity index (χ3v) is 2.76. The third-order valence-electron chi connectivity index (χ3n) is 2.33. The van der Waals surface area contributed by atoms with Gasteiger partial charge in [0.25, 0.3) is 5.91 Å². The van der Waals surface area contributed by atoms with Gasteiger partial charge in [0.2, 0.25) is 5.91 Å². The van der Waals surface area contributed by atoms with Crippen LogP contribution in [0, 0.1) is 0 Å². The fraction of sp³-hybridized carbons (Fsp3) is 0.364. The monoisotopic (exact) mass is 329 g/mol. The van der Waals surface area contributed by atoms with E-state index >= 15 is 0 Å². The molecule has 0 aliphatic heterocycles. The molecule has 0 bridgehead atoms. The normalized spacial score (nSPS) is 11.6. The molecule has 1 aromatic heterocycles. The van der Waals surface area contributed by atoms with Gasteiger partial charge in [-0.25, -0.2) is 10.8 Å². The van der Waals surface area contributed by atoms with Crippen molar-refractivity contribution >= 4 is 33.6 Å². The van der Waals surface area contributed by atoms with Crippen molar-refractivity contribution in [2.75, 3.05) is 12.0 Å². The number of nitrogen functional groups attached to an aromatic ring is 1. The van der Waals surface area contributed by atoms with Gasteiger partial charge in [0.05, 0.1) is 5.56 Å². The van der Waals surface area contributed by atoms with Crippen LogP contribution in [0.2, 0.25) is 0 Å². The molecule has 1 heterocycles. The lowest BCUT2D eigenvalue weighted by molar-refractivity contribution is -0.122. The number of carbonyl (C=O) groups excluding carboxylic acids is 2. The highest BCUT2D eigenvalue weighted by molar-refractivity contribution is 9.10. The van der Waals surface area contributed by atoms with Crippen LogP contribution in [0.25, 0.3) is 0 Å². The van der Waals surface area contributed by atoms with Crippen molar-refractivity contribution in [3.63, 3.8) is 0 Å². The molecule has 2 amide bonds. The summed E-state index contributed by atoms with van der Waals surface area (Å²) in [5.41, 5.74) is 2.60. The lowest BCUT2D eigenvalue weighted by atomic mass is 10.2. The van der Waals surface area contributed by atoms with Gasteiger partial charge in [0.1, 0.15) is 6.04 Å². The molecule has 8 heteroatoms. The van der Waals surface area contributed by atoms with Crippen LogP contribution in [0.15, 0.2) is 16.7 Å². The largest absolute Gasteiger partial charge is 0.355 e. The summed E-state index contributed by atoms with van der Waals surface area (Å²) in [6.45, 7) is 3.91. The number of likely N-dealkylation sites (N-methyl/N-ethyl adjacent to an activating group) is 1. The summed E-state index contributed by atoms with van der Waals surface area (Å²) < 4.78 is 0.641. The Labute approximate surface area is 119 Å². The quantitative estimate of drug-likeness (QED) is 0.461. The average molecular weight is 330 g/mol. The topological polar surface area (TPSA) is 109 Å². The molecule has 7 nitrogen and oxygen atoms in total. The predicted octanol–water partition coefficient (Wildman–Crippen LogP) is 0.384. The fourth-order valence-corrected chi connectivity index (χ4v) is 1.73. The van der Waals surface area contributed by atoms with Gasteiger partial charge in [-0.2, -0.15) is 0 Å². The molecule has 0 saturated carbocycles. The number of rotatable bonds is 5. The lowest BCUT2D eigenvalue weighted by Crippen LogP contribution is -2.45. The van der Waals surface area contributed by atoms with Crippen LogP contribution >= 0.6 is 15.9 Å². The predicted molar refractivity (Wildman–Crippen MR) is 75.4 cm³/mol. The molecular weight excluding hydrogens is 314 g/mol. The molecule has 0 fully saturated rings. The van der Waals surface area contributed by atoms with Gasteiger partial charge in [-0.15, -0.1) is 0 Å². The van der Waals surface area contributed by atoms with Gasteiger partial charge in [0, 0.05) is 17.2 Å². The first-order valence-corrected chi connectivity index (χ1v) is 6.49. The fourth-order valence-electron chi connectivity index (χ4n) is 1.39. The number of anilines is 1. The highest BCUT2D eigenvalue weighted by Gasteiger charge is 2.18. The van der Waals surface area contributed by atoms with Crippen LogP contribution < -0.4 is 21.9 Å². The van der Waals surface area contributed by atoms with E-state index in [2.05, 4.69) is 37.0 Å². The number of halogens is 1. The Hall–Kier alpha value is -1.67. The summed E-state index contributed by atoms with van der Waals surface area (Å²) in [7, 11) is 0. The summed E-state index contributed by atoms with van der Waals surface area (Å²) in [6, 6.07) is 0.930. The summed E-state index contributed by atoms with van der Waals surface area (Å²) >= 11 is 3.22. The average Bonchev–Trinajstić information content (AvgIpc) is 2.38. The SMILES string of the molecule is CCNC(=O)C(C)NC(=O)c1cc(Br)cnc1NN. The number of carbonyl (C=O) groups is 2. The zero-order valence-corrected chi connectivity index (χ0v) is 12.2. The van der Waals surface area contributed by atoms with Crippen LogP contribution in [0.1, 0.15) is 24.2 Å². The van der Waals surface area contributed by atoms with E-state index in [0.29, 0.717) is 11.0 Å². The molecule has 1 aromatic rings. The van der Waals surface area contributed by atoms with Gasteiger partial charge >= 0.3 is 0 Å². The van der Waals surface area contributed by atoms with E-state index in [-0.39, 0.29) is 17.3 Å². The first kappa shape index (κ1) is 15.4. The molecule has 0 aliphatic carbocycles. The number of aromatic nitrogens is 1. The molecular formula is C11H16BrN5O2. The number of hydrogen-bond acceptors (Lipinski definition) is 5. The number of amides is 2. The smallest absolute Gasteiger partial charge is 0.255 e. The second-order valence-electron chi connectivity index (χ2n) is 3.78. The highest BCUT2D eigenvalue weighted by atomic mass is 79.9. The Kier molecular flexibility index (Phi) is 5.71. The molecule has 19 heavy (non-hydrogen) atoms. The van der Waals surface area contributed by atoms with E-state index < -0.39 is 11.9 Å². The summed E-state index contributed by atoms with van der Waals surface area (Å²) in [5, 5.41) is 5.20. The Balaban J connectivity index is 2.83. The number of nitrogens with zero attached hydrogens (tertiary/aromatic N) is 1. The van der Waals surface area contributed by atoms with Crippen molar-refractivity contribution in [3.05, 3.63) is 22.3 Å². The zero-order chi connectivity index (χ0) is 14.4. The highest BCUT2D eigenvalue weighted by Crippen LogP contribution is 2.17. The van der Waals surface area contributed by atoms with Crippen LogP contribution in [-0.2, 0) is 4.79 Å². The maximum absolute atomic E-state index is 12.0. The summed E-state index contributed by atoms with van der Waals surface area (Å²) in [4.78, 5) is 27.6. The van der Waals surface area contributed by atoms with Crippen LogP contribution in [0.5, 0.6) is 0 Å². The molecule has 104 valence electrons. The van der Waals surface area contributed by atoms with E-state index in [1.165, 1.54) is 6.20 Å². The van der Waals surface area contributed by atoms with Crippen LogP contribution in [0.3, 0.4) is 0 Å². The number of pyridine rings is 1. The van der Waals surface area contributed by atoms with Crippen molar-refractivity contribution in [1.82, 2.24) is 15.6 Å². The van der Waals surface area contributed by atoms with E-state index in [1.54, 1.807) is 19.9 Å². The van der Waals surface area contributed by atoms with Crippen molar-refractivity contribution < 1.29 is 9.59 Å². The van der Waals surface area contributed by atoms with Crippen molar-refractivity contribution in [2.45, 2.75) is 19.9 Å². The molecule has 1 unspecified atom stereocenters. The van der Waals surface area contributed by atoms with E-state index in [9.17, 15) is 9.59 Å². The maximum atomic E-state index is 12.0. The Morgan fingerprint density at radius 3 is 2.79 bits per heavy atom.